The monoisotopic (exact) mass is 318 g/mol. The number of fused-ring (bicyclic) bond motifs is 1. The molecule has 0 aliphatic rings. The third-order valence-electron chi connectivity index (χ3n) is 2.50. The van der Waals surface area contributed by atoms with Crippen molar-refractivity contribution >= 4 is 28.4 Å². The zero-order valence-corrected chi connectivity index (χ0v) is 12.8. The average molecular weight is 318 g/mol. The van der Waals surface area contributed by atoms with Gasteiger partial charge in [-0.3, -0.25) is 4.98 Å². The largest absolute Gasteiger partial charge is 0.400 e. The van der Waals surface area contributed by atoms with Crippen LogP contribution in [0.2, 0.25) is 0 Å². The van der Waals surface area contributed by atoms with E-state index in [1.807, 2.05) is 12.1 Å². The molecule has 0 fully saturated rings. The Morgan fingerprint density at radius 2 is 2.18 bits per heavy atom. The summed E-state index contributed by atoms with van der Waals surface area (Å²) in [5, 5.41) is 10.7. The van der Waals surface area contributed by atoms with Gasteiger partial charge in [-0.05, 0) is 23.4 Å². The summed E-state index contributed by atoms with van der Waals surface area (Å²) in [6, 6.07) is 7.05. The molecule has 0 atom stereocenters. The maximum Gasteiger partial charge on any atom is 0.134 e. The normalized spacial score (nSPS) is 10.6. The predicted molar refractivity (Wildman–Crippen MR) is 89.7 cm³/mol. The van der Waals surface area contributed by atoms with Gasteiger partial charge in [0.05, 0.1) is 5.52 Å². The lowest BCUT2D eigenvalue weighted by atomic mass is 10.2. The summed E-state index contributed by atoms with van der Waals surface area (Å²) in [5.74, 6) is -0.534. The Hall–Kier alpha value is -2.31. The number of thioether (sulfide) groups is 1. The molecule has 2 rings (SSSR count). The number of rotatable bonds is 5. The van der Waals surface area contributed by atoms with Crippen molar-refractivity contribution in [2.45, 2.75) is 4.90 Å². The van der Waals surface area contributed by atoms with Gasteiger partial charge in [0.1, 0.15) is 11.5 Å². The Balaban J connectivity index is 0.00000116. The molecule has 0 spiro atoms. The molecule has 0 aliphatic heterocycles. The number of nitrogens with zero attached hydrogens (tertiary/aromatic N) is 2. The summed E-state index contributed by atoms with van der Waals surface area (Å²) in [7, 11) is 1.00. The molecule has 22 heavy (non-hydrogen) atoms. The second-order valence-corrected chi connectivity index (χ2v) is 5.06. The van der Waals surface area contributed by atoms with Gasteiger partial charge >= 0.3 is 0 Å². The van der Waals surface area contributed by atoms with E-state index >= 15 is 0 Å². The van der Waals surface area contributed by atoms with Crippen molar-refractivity contribution in [3.63, 3.8) is 0 Å². The number of pyridine rings is 1. The molecule has 0 saturated heterocycles. The number of hydrogen-bond acceptors (Lipinski definition) is 5. The van der Waals surface area contributed by atoms with Crippen LogP contribution in [0.15, 0.2) is 76.6 Å². The summed E-state index contributed by atoms with van der Waals surface area (Å²) in [6.45, 7) is 6.82. The summed E-state index contributed by atoms with van der Waals surface area (Å²) >= 11 is 1.32. The van der Waals surface area contributed by atoms with Crippen molar-refractivity contribution < 1.29 is 9.50 Å². The highest BCUT2D eigenvalue weighted by atomic mass is 32.2. The molecule has 1 aromatic carbocycles. The number of allylic oxidation sites excluding steroid dienone is 3. The van der Waals surface area contributed by atoms with Gasteiger partial charge in [0.2, 0.25) is 0 Å². The third-order valence-corrected chi connectivity index (χ3v) is 3.48. The SMILES string of the molecule is C=C/C(=C\C(=C)F)Sc1cnc2c(N=O)cccc2c1.CO. The average Bonchev–Trinajstić information content (AvgIpc) is 2.54. The fourth-order valence-electron chi connectivity index (χ4n) is 1.67. The van der Waals surface area contributed by atoms with E-state index in [9.17, 15) is 9.30 Å². The molecule has 0 unspecified atom stereocenters. The van der Waals surface area contributed by atoms with Crippen LogP contribution >= 0.6 is 11.8 Å². The van der Waals surface area contributed by atoms with Crippen LogP contribution in [-0.4, -0.2) is 17.2 Å². The topological polar surface area (TPSA) is 62.5 Å². The number of aliphatic hydroxyl groups is 1. The second-order valence-electron chi connectivity index (χ2n) is 3.91. The van der Waals surface area contributed by atoms with Gasteiger partial charge in [0, 0.05) is 28.5 Å². The van der Waals surface area contributed by atoms with Gasteiger partial charge in [-0.25, -0.2) is 4.39 Å². The molecule has 6 heteroatoms. The van der Waals surface area contributed by atoms with Crippen molar-refractivity contribution in [3.05, 3.63) is 71.4 Å². The quantitative estimate of drug-likeness (QED) is 0.484. The number of aliphatic hydroxyl groups excluding tert-OH is 1. The first-order valence-electron chi connectivity index (χ1n) is 6.17. The number of aromatic nitrogens is 1. The summed E-state index contributed by atoms with van der Waals surface area (Å²) < 4.78 is 12.8. The number of nitroso groups, excluding NO2 is 1. The van der Waals surface area contributed by atoms with Gasteiger partial charge in [-0.15, -0.1) is 4.91 Å². The van der Waals surface area contributed by atoms with Gasteiger partial charge in [0.15, 0.2) is 0 Å². The number of benzene rings is 1. The lowest BCUT2D eigenvalue weighted by Gasteiger charge is -2.04. The molecule has 1 N–H and O–H groups in total. The van der Waals surface area contributed by atoms with Gasteiger partial charge < -0.3 is 5.11 Å². The van der Waals surface area contributed by atoms with Crippen LogP contribution in [0, 0.1) is 4.91 Å². The Morgan fingerprint density at radius 1 is 1.45 bits per heavy atom. The highest BCUT2D eigenvalue weighted by Gasteiger charge is 2.05. The van der Waals surface area contributed by atoms with Crippen LogP contribution < -0.4 is 0 Å². The number of para-hydroxylation sites is 1. The minimum Gasteiger partial charge on any atom is -0.400 e. The predicted octanol–water partition coefficient (Wildman–Crippen LogP) is 4.89. The van der Waals surface area contributed by atoms with Gasteiger partial charge in [0.25, 0.3) is 0 Å². The molecule has 0 amide bonds. The van der Waals surface area contributed by atoms with E-state index < -0.39 is 5.83 Å². The van der Waals surface area contributed by atoms with E-state index in [2.05, 4.69) is 23.3 Å². The molecule has 1 heterocycles. The van der Waals surface area contributed by atoms with Crippen LogP contribution in [-0.2, 0) is 0 Å². The van der Waals surface area contributed by atoms with Crippen LogP contribution in [0.25, 0.3) is 10.9 Å². The Labute approximate surface area is 132 Å². The number of halogens is 1. The zero-order chi connectivity index (χ0) is 16.5. The van der Waals surface area contributed by atoms with Crippen LogP contribution in [0.5, 0.6) is 0 Å². The molecule has 0 bridgehead atoms. The van der Waals surface area contributed by atoms with E-state index in [1.54, 1.807) is 24.4 Å². The molecule has 0 saturated carbocycles. The Morgan fingerprint density at radius 3 is 2.77 bits per heavy atom. The van der Waals surface area contributed by atoms with E-state index in [-0.39, 0.29) is 0 Å². The Bertz CT molecular complexity index is 729. The van der Waals surface area contributed by atoms with Crippen molar-refractivity contribution in [3.8, 4) is 0 Å². The lowest BCUT2D eigenvalue weighted by Crippen LogP contribution is -1.82. The minimum absolute atomic E-state index is 0.302. The molecular weight excluding hydrogens is 303 g/mol. The van der Waals surface area contributed by atoms with E-state index in [4.69, 9.17) is 5.11 Å². The summed E-state index contributed by atoms with van der Waals surface area (Å²) in [4.78, 5) is 16.3. The zero-order valence-electron chi connectivity index (χ0n) is 12.0. The van der Waals surface area contributed by atoms with Crippen molar-refractivity contribution in [2.75, 3.05) is 7.11 Å². The fourth-order valence-corrected chi connectivity index (χ4v) is 2.51. The standard InChI is InChI=1S/C15H11FN2OS.CH4O/c1-3-12(7-10(2)16)20-13-8-11-5-4-6-14(18-19)15(11)17-9-13;1-2/h3-9H,1-2H2;2H,1H3/b12-7+;. The van der Waals surface area contributed by atoms with Crippen LogP contribution in [0.1, 0.15) is 0 Å². The smallest absolute Gasteiger partial charge is 0.134 e. The highest BCUT2D eigenvalue weighted by Crippen LogP contribution is 2.31. The van der Waals surface area contributed by atoms with Crippen LogP contribution in [0.4, 0.5) is 10.1 Å². The summed E-state index contributed by atoms with van der Waals surface area (Å²) in [6.07, 6.45) is 4.45. The maximum atomic E-state index is 12.8. The second kappa shape index (κ2) is 8.86. The minimum atomic E-state index is -0.534. The molecular formula is C16H15FN2O2S. The first-order valence-corrected chi connectivity index (χ1v) is 6.99. The third kappa shape index (κ3) is 4.61. The molecule has 0 radical (unpaired) electrons. The van der Waals surface area contributed by atoms with E-state index in [0.29, 0.717) is 16.1 Å². The molecule has 4 nitrogen and oxygen atoms in total. The summed E-state index contributed by atoms with van der Waals surface area (Å²) in [5.41, 5.74) is 0.849. The lowest BCUT2D eigenvalue weighted by molar-refractivity contribution is 0.399. The van der Waals surface area contributed by atoms with Crippen molar-refractivity contribution in [1.29, 1.82) is 0 Å². The van der Waals surface area contributed by atoms with Crippen molar-refractivity contribution in [2.24, 2.45) is 5.18 Å². The van der Waals surface area contributed by atoms with Crippen LogP contribution in [0.3, 0.4) is 0 Å². The first kappa shape index (κ1) is 17.7. The fraction of sp³-hybridized carbons (Fsp3) is 0.0625. The first-order chi connectivity index (χ1) is 10.6. The van der Waals surface area contributed by atoms with Gasteiger partial charge in [-0.2, -0.15) is 0 Å². The van der Waals surface area contributed by atoms with Crippen molar-refractivity contribution in [1.82, 2.24) is 4.98 Å². The molecule has 0 aliphatic carbocycles. The molecule has 2 aromatic rings. The molecule has 1 aromatic heterocycles. The number of hydrogen-bond donors (Lipinski definition) is 1. The highest BCUT2D eigenvalue weighted by molar-refractivity contribution is 8.03. The Kier molecular flexibility index (Phi) is 7.15. The van der Waals surface area contributed by atoms with E-state index in [0.717, 1.165) is 17.4 Å². The van der Waals surface area contributed by atoms with E-state index in [1.165, 1.54) is 17.8 Å². The molecule has 114 valence electrons. The van der Waals surface area contributed by atoms with Gasteiger partial charge in [-0.1, -0.05) is 43.1 Å². The maximum absolute atomic E-state index is 12.8.